The third-order valence-corrected chi connectivity index (χ3v) is 3.21. The summed E-state index contributed by atoms with van der Waals surface area (Å²) < 4.78 is 10.2. The zero-order chi connectivity index (χ0) is 14.6. The van der Waals surface area contributed by atoms with E-state index < -0.39 is 4.92 Å². The molecule has 0 bridgehead atoms. The van der Waals surface area contributed by atoms with E-state index in [9.17, 15) is 10.1 Å². The minimum atomic E-state index is -0.469. The van der Waals surface area contributed by atoms with Gasteiger partial charge in [-0.15, -0.1) is 0 Å². The lowest BCUT2D eigenvalue weighted by Crippen LogP contribution is -2.22. The van der Waals surface area contributed by atoms with Crippen LogP contribution in [-0.4, -0.2) is 25.7 Å². The lowest BCUT2D eigenvalue weighted by atomic mass is 9.81. The van der Waals surface area contributed by atoms with Gasteiger partial charge >= 0.3 is 5.69 Å². The van der Waals surface area contributed by atoms with E-state index >= 15 is 0 Å². The summed E-state index contributed by atoms with van der Waals surface area (Å²) in [6.07, 6.45) is 0.722. The number of ether oxygens (including phenoxy) is 2. The Bertz CT molecular complexity index is 472. The molecule has 0 spiro atoms. The summed E-state index contributed by atoms with van der Waals surface area (Å²) in [5, 5.41) is 11.1. The van der Waals surface area contributed by atoms with Crippen molar-refractivity contribution in [2.45, 2.75) is 25.7 Å². The average Bonchev–Trinajstić information content (AvgIpc) is 2.36. The van der Waals surface area contributed by atoms with E-state index in [-0.39, 0.29) is 16.9 Å². The topological polar surface area (TPSA) is 87.6 Å². The summed E-state index contributed by atoms with van der Waals surface area (Å²) >= 11 is 0. The molecule has 19 heavy (non-hydrogen) atoms. The van der Waals surface area contributed by atoms with Crippen LogP contribution < -0.4 is 15.2 Å². The van der Waals surface area contributed by atoms with Crippen LogP contribution in [0.15, 0.2) is 12.1 Å². The molecule has 0 atom stereocenters. The molecule has 0 saturated heterocycles. The molecule has 1 aromatic carbocycles. The summed E-state index contributed by atoms with van der Waals surface area (Å²) in [6.45, 7) is 4.49. The highest BCUT2D eigenvalue weighted by Gasteiger charge is 2.28. The zero-order valence-electron chi connectivity index (χ0n) is 11.7. The Balaban J connectivity index is 3.44. The first-order valence-corrected chi connectivity index (χ1v) is 5.98. The summed E-state index contributed by atoms with van der Waals surface area (Å²) in [6, 6.07) is 3.29. The molecule has 0 radical (unpaired) electrons. The Labute approximate surface area is 112 Å². The Morgan fingerprint density at radius 2 is 1.95 bits per heavy atom. The van der Waals surface area contributed by atoms with Gasteiger partial charge in [0.05, 0.1) is 19.1 Å². The maximum absolute atomic E-state index is 11.1. The van der Waals surface area contributed by atoms with Crippen LogP contribution in [0.2, 0.25) is 0 Å². The molecule has 0 saturated carbocycles. The Morgan fingerprint density at radius 1 is 1.32 bits per heavy atom. The Kier molecular flexibility index (Phi) is 4.72. The molecular formula is C13H20N2O4. The minimum absolute atomic E-state index is 0.0954. The van der Waals surface area contributed by atoms with Crippen LogP contribution in [0.5, 0.6) is 11.5 Å². The van der Waals surface area contributed by atoms with Gasteiger partial charge in [0, 0.05) is 6.07 Å². The van der Waals surface area contributed by atoms with Gasteiger partial charge in [0.15, 0.2) is 5.75 Å². The van der Waals surface area contributed by atoms with Gasteiger partial charge in [-0.05, 0) is 30.0 Å². The fourth-order valence-electron chi connectivity index (χ4n) is 1.98. The molecule has 6 nitrogen and oxygen atoms in total. The highest BCUT2D eigenvalue weighted by atomic mass is 16.6. The molecule has 0 aliphatic carbocycles. The second-order valence-corrected chi connectivity index (χ2v) is 4.91. The number of nitro groups is 1. The largest absolute Gasteiger partial charge is 0.493 e. The SMILES string of the molecule is COc1cc(C(C)(C)CCN)cc([N+](=O)[O-])c1OC. The minimum Gasteiger partial charge on any atom is -0.493 e. The van der Waals surface area contributed by atoms with Gasteiger partial charge in [-0.25, -0.2) is 0 Å². The van der Waals surface area contributed by atoms with Crippen molar-refractivity contribution in [2.24, 2.45) is 5.73 Å². The number of nitrogens with two attached hydrogens (primary N) is 1. The van der Waals surface area contributed by atoms with Crippen LogP contribution in [0.1, 0.15) is 25.8 Å². The summed E-state index contributed by atoms with van der Waals surface area (Å²) in [4.78, 5) is 10.7. The second-order valence-electron chi connectivity index (χ2n) is 4.91. The van der Waals surface area contributed by atoms with Gasteiger partial charge in [0.1, 0.15) is 0 Å². The van der Waals surface area contributed by atoms with E-state index in [0.29, 0.717) is 12.3 Å². The number of nitro benzene ring substituents is 1. The molecule has 6 heteroatoms. The Hall–Kier alpha value is -1.82. The van der Waals surface area contributed by atoms with Crippen LogP contribution in [0.25, 0.3) is 0 Å². The quantitative estimate of drug-likeness (QED) is 0.631. The molecule has 0 aromatic heterocycles. The van der Waals surface area contributed by atoms with E-state index in [1.165, 1.54) is 20.3 Å². The van der Waals surface area contributed by atoms with Gasteiger partial charge in [-0.2, -0.15) is 0 Å². The molecule has 1 aromatic rings. The average molecular weight is 268 g/mol. The summed E-state index contributed by atoms with van der Waals surface area (Å²) in [5.41, 5.74) is 6.03. The first-order chi connectivity index (χ1) is 8.87. The van der Waals surface area contributed by atoms with Gasteiger partial charge in [-0.1, -0.05) is 13.8 Å². The normalized spacial score (nSPS) is 11.2. The van der Waals surface area contributed by atoms with E-state index in [2.05, 4.69) is 0 Å². The molecule has 0 aliphatic rings. The van der Waals surface area contributed by atoms with Crippen molar-refractivity contribution in [1.82, 2.24) is 0 Å². The van der Waals surface area contributed by atoms with E-state index in [1.807, 2.05) is 13.8 Å². The number of methoxy groups -OCH3 is 2. The summed E-state index contributed by atoms with van der Waals surface area (Å²) in [7, 11) is 2.84. The summed E-state index contributed by atoms with van der Waals surface area (Å²) in [5.74, 6) is 0.497. The van der Waals surface area contributed by atoms with Crippen molar-refractivity contribution < 1.29 is 14.4 Å². The molecule has 0 aliphatic heterocycles. The highest BCUT2D eigenvalue weighted by Crippen LogP contribution is 2.41. The lowest BCUT2D eigenvalue weighted by Gasteiger charge is -2.25. The molecule has 106 valence electrons. The monoisotopic (exact) mass is 268 g/mol. The predicted octanol–water partition coefficient (Wildman–Crippen LogP) is 2.24. The first kappa shape index (κ1) is 15.2. The van der Waals surface area contributed by atoms with Gasteiger partial charge in [-0.3, -0.25) is 10.1 Å². The number of hydrogen-bond donors (Lipinski definition) is 1. The van der Waals surface area contributed by atoms with Crippen LogP contribution in [0.4, 0.5) is 5.69 Å². The van der Waals surface area contributed by atoms with Crippen LogP contribution in [-0.2, 0) is 5.41 Å². The molecule has 1 rings (SSSR count). The van der Waals surface area contributed by atoms with E-state index in [1.54, 1.807) is 6.07 Å². The van der Waals surface area contributed by atoms with Crippen molar-refractivity contribution in [2.75, 3.05) is 20.8 Å². The van der Waals surface area contributed by atoms with Crippen molar-refractivity contribution in [3.05, 3.63) is 27.8 Å². The standard InChI is InChI=1S/C13H20N2O4/c1-13(2,5-6-14)9-7-10(15(16)17)12(19-4)11(8-9)18-3/h7-8H,5-6,14H2,1-4H3. The molecule has 0 fully saturated rings. The second kappa shape index (κ2) is 5.88. The molecule has 0 heterocycles. The Morgan fingerprint density at radius 3 is 2.37 bits per heavy atom. The van der Waals surface area contributed by atoms with Gasteiger partial charge in [0.25, 0.3) is 0 Å². The van der Waals surface area contributed by atoms with E-state index in [4.69, 9.17) is 15.2 Å². The van der Waals surface area contributed by atoms with Crippen LogP contribution in [0, 0.1) is 10.1 Å². The first-order valence-electron chi connectivity index (χ1n) is 5.98. The predicted molar refractivity (Wildman–Crippen MR) is 72.9 cm³/mol. The highest BCUT2D eigenvalue weighted by molar-refractivity contribution is 5.59. The molecule has 2 N–H and O–H groups in total. The molecule has 0 unspecified atom stereocenters. The van der Waals surface area contributed by atoms with Gasteiger partial charge in [0.2, 0.25) is 5.75 Å². The number of benzene rings is 1. The van der Waals surface area contributed by atoms with Gasteiger partial charge < -0.3 is 15.2 Å². The maximum Gasteiger partial charge on any atom is 0.315 e. The fourth-order valence-corrected chi connectivity index (χ4v) is 1.98. The number of nitrogens with zero attached hydrogens (tertiary/aromatic N) is 1. The number of hydrogen-bond acceptors (Lipinski definition) is 5. The van der Waals surface area contributed by atoms with Crippen molar-refractivity contribution in [3.8, 4) is 11.5 Å². The lowest BCUT2D eigenvalue weighted by molar-refractivity contribution is -0.385. The van der Waals surface area contributed by atoms with Crippen molar-refractivity contribution in [3.63, 3.8) is 0 Å². The van der Waals surface area contributed by atoms with Crippen LogP contribution in [0.3, 0.4) is 0 Å². The molecular weight excluding hydrogens is 248 g/mol. The third kappa shape index (κ3) is 3.14. The number of rotatable bonds is 6. The smallest absolute Gasteiger partial charge is 0.315 e. The molecule has 0 amide bonds. The van der Waals surface area contributed by atoms with Crippen molar-refractivity contribution in [1.29, 1.82) is 0 Å². The van der Waals surface area contributed by atoms with Crippen LogP contribution >= 0.6 is 0 Å². The zero-order valence-corrected chi connectivity index (χ0v) is 11.7. The maximum atomic E-state index is 11.1. The fraction of sp³-hybridized carbons (Fsp3) is 0.538. The third-order valence-electron chi connectivity index (χ3n) is 3.21. The van der Waals surface area contributed by atoms with E-state index in [0.717, 1.165) is 12.0 Å². The van der Waals surface area contributed by atoms with Crippen molar-refractivity contribution >= 4 is 5.69 Å².